The molecule has 4 N–H and O–H groups in total. The molecule has 0 aliphatic carbocycles. The average Bonchev–Trinajstić information content (AvgIpc) is 3.26. The molecule has 3 aromatic rings. The highest BCUT2D eigenvalue weighted by atomic mass is 35.5. The van der Waals surface area contributed by atoms with Crippen LogP contribution in [0.1, 0.15) is 11.8 Å². The molecule has 1 fully saturated rings. The molecule has 0 bridgehead atoms. The van der Waals surface area contributed by atoms with Gasteiger partial charge in [-0.3, -0.25) is 4.57 Å². The van der Waals surface area contributed by atoms with Crippen LogP contribution in [0.25, 0.3) is 11.2 Å². The lowest BCUT2D eigenvalue weighted by Crippen LogP contribution is -2.33. The van der Waals surface area contributed by atoms with Crippen molar-refractivity contribution in [2.45, 2.75) is 31.1 Å². The Bertz CT molecular complexity index is 1050. The number of rotatable bonds is 5. The standard InChI is InChI=1S/C17H16ClF2N5O4/c18-8-1-2-9(19)7(11(8)20)3-21-15-12-16(23-5-22-15)25(6-24-12)17-14(28)13(27)10(4-26)29-17/h1-2,5-6,10,13-14,17,26-28H,3-4H2,(H,21,22,23)/t10-,13-,14+,17?/m1/s1. The molecule has 3 heterocycles. The molecule has 4 rings (SSSR count). The molecule has 12 heteroatoms. The van der Waals surface area contributed by atoms with Crippen LogP contribution in [0, 0.1) is 11.6 Å². The Morgan fingerprint density at radius 2 is 1.97 bits per heavy atom. The van der Waals surface area contributed by atoms with Gasteiger partial charge in [0.2, 0.25) is 0 Å². The zero-order valence-corrected chi connectivity index (χ0v) is 15.5. The molecule has 4 atom stereocenters. The third kappa shape index (κ3) is 3.40. The van der Waals surface area contributed by atoms with E-state index in [0.717, 1.165) is 12.1 Å². The fraction of sp³-hybridized carbons (Fsp3) is 0.353. The Balaban J connectivity index is 1.63. The zero-order valence-electron chi connectivity index (χ0n) is 14.7. The monoisotopic (exact) mass is 427 g/mol. The number of hydrogen-bond donors (Lipinski definition) is 4. The summed E-state index contributed by atoms with van der Waals surface area (Å²) in [6.45, 7) is -0.717. The predicted molar refractivity (Wildman–Crippen MR) is 97.0 cm³/mol. The lowest BCUT2D eigenvalue weighted by atomic mass is 10.1. The maximum Gasteiger partial charge on any atom is 0.167 e. The number of aliphatic hydroxyl groups is 3. The molecule has 1 aliphatic rings. The second kappa shape index (κ2) is 7.76. The number of aliphatic hydroxyl groups excluding tert-OH is 3. The molecule has 1 saturated heterocycles. The number of benzene rings is 1. The van der Waals surface area contributed by atoms with Gasteiger partial charge in [-0.1, -0.05) is 11.6 Å². The van der Waals surface area contributed by atoms with E-state index in [0.29, 0.717) is 0 Å². The largest absolute Gasteiger partial charge is 0.394 e. The molecular formula is C17H16ClF2N5O4. The van der Waals surface area contributed by atoms with E-state index < -0.39 is 42.8 Å². The minimum absolute atomic E-state index is 0.194. The van der Waals surface area contributed by atoms with Crippen molar-refractivity contribution in [2.24, 2.45) is 0 Å². The molecular weight excluding hydrogens is 412 g/mol. The molecule has 0 radical (unpaired) electrons. The van der Waals surface area contributed by atoms with Crippen LogP contribution in [-0.4, -0.2) is 59.8 Å². The van der Waals surface area contributed by atoms with Crippen LogP contribution in [0.15, 0.2) is 24.8 Å². The van der Waals surface area contributed by atoms with Gasteiger partial charge >= 0.3 is 0 Å². The minimum Gasteiger partial charge on any atom is -0.394 e. The van der Waals surface area contributed by atoms with Gasteiger partial charge in [-0.15, -0.1) is 0 Å². The first kappa shape index (κ1) is 19.9. The van der Waals surface area contributed by atoms with Gasteiger partial charge < -0.3 is 25.4 Å². The third-order valence-corrected chi connectivity index (χ3v) is 5.01. The van der Waals surface area contributed by atoms with E-state index in [4.69, 9.17) is 16.3 Å². The minimum atomic E-state index is -1.31. The van der Waals surface area contributed by atoms with Crippen LogP contribution in [0.3, 0.4) is 0 Å². The van der Waals surface area contributed by atoms with Gasteiger partial charge in [-0.05, 0) is 12.1 Å². The van der Waals surface area contributed by atoms with Gasteiger partial charge in [0.25, 0.3) is 0 Å². The van der Waals surface area contributed by atoms with E-state index in [1.54, 1.807) is 0 Å². The van der Waals surface area contributed by atoms with Crippen LogP contribution in [0.5, 0.6) is 0 Å². The van der Waals surface area contributed by atoms with E-state index in [2.05, 4.69) is 20.3 Å². The number of hydrogen-bond acceptors (Lipinski definition) is 8. The number of nitrogens with one attached hydrogen (secondary N) is 1. The van der Waals surface area contributed by atoms with Crippen molar-refractivity contribution in [3.05, 3.63) is 47.0 Å². The number of fused-ring (bicyclic) bond motifs is 1. The van der Waals surface area contributed by atoms with Crippen molar-refractivity contribution in [1.29, 1.82) is 0 Å². The summed E-state index contributed by atoms with van der Waals surface area (Å²) in [4.78, 5) is 12.3. The summed E-state index contributed by atoms with van der Waals surface area (Å²) < 4.78 is 34.9. The van der Waals surface area contributed by atoms with E-state index >= 15 is 0 Å². The van der Waals surface area contributed by atoms with Crippen LogP contribution in [0.4, 0.5) is 14.6 Å². The molecule has 0 spiro atoms. The summed E-state index contributed by atoms with van der Waals surface area (Å²) in [5, 5.41) is 32.0. The Morgan fingerprint density at radius 3 is 2.69 bits per heavy atom. The summed E-state index contributed by atoms with van der Waals surface area (Å²) in [7, 11) is 0. The van der Waals surface area contributed by atoms with Gasteiger partial charge in [0.15, 0.2) is 23.2 Å². The zero-order chi connectivity index (χ0) is 20.7. The molecule has 1 aromatic carbocycles. The number of halogens is 3. The molecule has 0 amide bonds. The maximum atomic E-state index is 14.1. The summed E-state index contributed by atoms with van der Waals surface area (Å²) in [6, 6.07) is 2.19. The quantitative estimate of drug-likeness (QED) is 0.444. The average molecular weight is 428 g/mol. The number of aromatic nitrogens is 4. The van der Waals surface area contributed by atoms with Crippen molar-refractivity contribution >= 4 is 28.6 Å². The third-order valence-electron chi connectivity index (χ3n) is 4.72. The molecule has 9 nitrogen and oxygen atoms in total. The van der Waals surface area contributed by atoms with Gasteiger partial charge in [0, 0.05) is 12.1 Å². The lowest BCUT2D eigenvalue weighted by Gasteiger charge is -2.16. The second-order valence-electron chi connectivity index (χ2n) is 6.45. The molecule has 1 aliphatic heterocycles. The van der Waals surface area contributed by atoms with Crippen molar-refractivity contribution in [2.75, 3.05) is 11.9 Å². The van der Waals surface area contributed by atoms with Crippen LogP contribution >= 0.6 is 11.6 Å². The topological polar surface area (TPSA) is 126 Å². The van der Waals surface area contributed by atoms with E-state index in [1.807, 2.05) is 0 Å². The van der Waals surface area contributed by atoms with Crippen LogP contribution < -0.4 is 5.32 Å². The lowest BCUT2D eigenvalue weighted by molar-refractivity contribution is -0.0511. The summed E-state index contributed by atoms with van der Waals surface area (Å²) in [5.41, 5.74) is 0.254. The molecule has 0 saturated carbocycles. The van der Waals surface area contributed by atoms with Crippen molar-refractivity contribution < 1.29 is 28.8 Å². The SMILES string of the molecule is OC[C@H]1OC(n2cnc3c(NCc4c(F)ccc(Cl)c4F)ncnc32)[C@@H](O)[C@@H]1O. The number of nitrogens with zero attached hydrogens (tertiary/aromatic N) is 4. The van der Waals surface area contributed by atoms with Gasteiger partial charge in [0.05, 0.1) is 18.0 Å². The van der Waals surface area contributed by atoms with E-state index in [1.165, 1.54) is 17.2 Å². The molecule has 154 valence electrons. The normalized spacial score (nSPS) is 24.3. The summed E-state index contributed by atoms with van der Waals surface area (Å²) >= 11 is 5.70. The van der Waals surface area contributed by atoms with Gasteiger partial charge in [-0.25, -0.2) is 23.7 Å². The van der Waals surface area contributed by atoms with Crippen molar-refractivity contribution in [3.63, 3.8) is 0 Å². The molecule has 1 unspecified atom stereocenters. The Kier molecular flexibility index (Phi) is 5.32. The summed E-state index contributed by atoms with van der Waals surface area (Å²) in [5.74, 6) is -1.44. The molecule has 2 aromatic heterocycles. The number of anilines is 1. The Hall–Kier alpha value is -2.44. The van der Waals surface area contributed by atoms with Crippen molar-refractivity contribution in [3.8, 4) is 0 Å². The van der Waals surface area contributed by atoms with E-state index in [9.17, 15) is 24.1 Å². The van der Waals surface area contributed by atoms with Gasteiger partial charge in [-0.2, -0.15) is 0 Å². The van der Waals surface area contributed by atoms with Gasteiger partial charge in [0.1, 0.15) is 36.3 Å². The predicted octanol–water partition coefficient (Wildman–Crippen LogP) is 0.981. The van der Waals surface area contributed by atoms with Crippen molar-refractivity contribution in [1.82, 2.24) is 19.5 Å². The highest BCUT2D eigenvalue weighted by molar-refractivity contribution is 6.30. The first-order chi connectivity index (χ1) is 13.9. The van der Waals surface area contributed by atoms with E-state index in [-0.39, 0.29) is 34.1 Å². The first-order valence-corrected chi connectivity index (χ1v) is 8.96. The maximum absolute atomic E-state index is 14.1. The summed E-state index contributed by atoms with van der Waals surface area (Å²) in [6.07, 6.45) is -2.06. The fourth-order valence-corrected chi connectivity index (χ4v) is 3.36. The highest BCUT2D eigenvalue weighted by Gasteiger charge is 2.44. The molecule has 29 heavy (non-hydrogen) atoms. The number of imidazole rings is 1. The van der Waals surface area contributed by atoms with Crippen LogP contribution in [0.2, 0.25) is 5.02 Å². The second-order valence-corrected chi connectivity index (χ2v) is 6.86. The number of ether oxygens (including phenoxy) is 1. The van der Waals surface area contributed by atoms with Crippen LogP contribution in [-0.2, 0) is 11.3 Å². The Labute approximate surface area is 167 Å². The highest BCUT2D eigenvalue weighted by Crippen LogP contribution is 2.32. The smallest absolute Gasteiger partial charge is 0.167 e. The Morgan fingerprint density at radius 1 is 1.17 bits per heavy atom. The fourth-order valence-electron chi connectivity index (χ4n) is 3.18. The first-order valence-electron chi connectivity index (χ1n) is 8.58.